The van der Waals surface area contributed by atoms with Crippen LogP contribution in [0.4, 0.5) is 10.1 Å². The van der Waals surface area contributed by atoms with E-state index in [9.17, 15) is 0 Å². The Balaban J connectivity index is 1.90. The average molecular weight is 354 g/mol. The van der Waals surface area contributed by atoms with Crippen molar-refractivity contribution in [2.75, 3.05) is 5.73 Å². The van der Waals surface area contributed by atoms with Crippen LogP contribution in [-0.2, 0) is 0 Å². The molecule has 2 N–H and O–H groups in total. The first-order chi connectivity index (χ1) is 13.2. The third kappa shape index (κ3) is 2.44. The largest absolute Gasteiger partial charge is 0.399 e. The van der Waals surface area contributed by atoms with Gasteiger partial charge in [0, 0.05) is 40.6 Å². The second-order valence-electron chi connectivity index (χ2n) is 6.39. The van der Waals surface area contributed by atoms with Gasteiger partial charge in [-0.15, -0.1) is 0 Å². The lowest BCUT2D eigenvalue weighted by Gasteiger charge is -2.14. The third-order valence-corrected chi connectivity index (χ3v) is 4.70. The Kier molecular flexibility index (Phi) is 3.40. The summed E-state index contributed by atoms with van der Waals surface area (Å²) >= 11 is 0. The lowest BCUT2D eigenvalue weighted by atomic mass is 10.1. The van der Waals surface area contributed by atoms with Crippen LogP contribution in [-0.4, -0.2) is 14.5 Å². The van der Waals surface area contributed by atoms with E-state index in [-0.39, 0.29) is 11.5 Å². The van der Waals surface area contributed by atoms with E-state index in [2.05, 4.69) is 9.97 Å². The van der Waals surface area contributed by atoms with Gasteiger partial charge >= 0.3 is 0 Å². The third-order valence-electron chi connectivity index (χ3n) is 4.70. The number of hydrogen-bond acceptors (Lipinski definition) is 3. The number of hydrogen-bond donors (Lipinski definition) is 1. The second kappa shape index (κ2) is 5.92. The number of fused-ring (bicyclic) bond motifs is 2. The van der Waals surface area contributed by atoms with Crippen LogP contribution in [0.5, 0.6) is 0 Å². The van der Waals surface area contributed by atoms with Gasteiger partial charge in [-0.25, -0.2) is 9.37 Å². The predicted molar refractivity (Wildman–Crippen MR) is 106 cm³/mol. The summed E-state index contributed by atoms with van der Waals surface area (Å²) in [6, 6.07) is 18.5. The quantitative estimate of drug-likeness (QED) is 0.456. The fourth-order valence-electron chi connectivity index (χ4n) is 3.46. The van der Waals surface area contributed by atoms with Crippen LogP contribution in [0.1, 0.15) is 0 Å². The minimum Gasteiger partial charge on any atom is -0.399 e. The smallest absolute Gasteiger partial charge is 0.174 e. The zero-order chi connectivity index (χ0) is 18.4. The molecule has 5 aromatic rings. The maximum atomic E-state index is 15.8. The molecule has 5 heteroatoms. The Hall–Kier alpha value is -3.73. The molecular formula is C22H15FN4. The summed E-state index contributed by atoms with van der Waals surface area (Å²) in [5.74, 6) is -0.381. The molecule has 0 amide bonds. The van der Waals surface area contributed by atoms with Gasteiger partial charge in [0.05, 0.1) is 16.7 Å². The van der Waals surface area contributed by atoms with Gasteiger partial charge in [-0.3, -0.25) is 4.98 Å². The van der Waals surface area contributed by atoms with Gasteiger partial charge in [-0.05, 0) is 30.3 Å². The molecule has 3 heterocycles. The van der Waals surface area contributed by atoms with E-state index in [1.54, 1.807) is 30.6 Å². The fraction of sp³-hybridized carbons (Fsp3) is 0. The van der Waals surface area contributed by atoms with Crippen LogP contribution < -0.4 is 5.73 Å². The number of halogens is 1. The molecule has 0 aliphatic heterocycles. The molecule has 4 nitrogen and oxygen atoms in total. The lowest BCUT2D eigenvalue weighted by Crippen LogP contribution is -2.03. The van der Waals surface area contributed by atoms with Crippen molar-refractivity contribution in [2.24, 2.45) is 0 Å². The number of nitrogens with two attached hydrogens (primary N) is 1. The van der Waals surface area contributed by atoms with Gasteiger partial charge in [0.15, 0.2) is 5.82 Å². The Morgan fingerprint density at radius 3 is 2.74 bits per heavy atom. The Labute approximate surface area is 154 Å². The maximum Gasteiger partial charge on any atom is 0.174 e. The molecule has 0 saturated carbocycles. The summed E-state index contributed by atoms with van der Waals surface area (Å²) in [7, 11) is 0. The summed E-state index contributed by atoms with van der Waals surface area (Å²) in [5.41, 5.74) is 9.49. The van der Waals surface area contributed by atoms with Crippen molar-refractivity contribution in [3.05, 3.63) is 85.1 Å². The van der Waals surface area contributed by atoms with E-state index in [0.717, 1.165) is 21.8 Å². The highest BCUT2D eigenvalue weighted by Gasteiger charge is 2.19. The van der Waals surface area contributed by atoms with Crippen LogP contribution in [0, 0.1) is 5.82 Å². The number of pyridine rings is 2. The topological polar surface area (TPSA) is 56.7 Å². The number of nitrogen functional groups attached to an aromatic ring is 1. The standard InChI is InChI=1S/C22H15FN4/c23-20-21(14-4-3-5-16(24)12-14)26-18-7-2-1-6-17(18)22(20)27-11-9-15-13-25-10-8-19(15)27/h1-13H,24H2. The fourth-order valence-corrected chi connectivity index (χ4v) is 3.46. The Morgan fingerprint density at radius 1 is 0.963 bits per heavy atom. The number of rotatable bonds is 2. The molecule has 0 aliphatic carbocycles. The Morgan fingerprint density at radius 2 is 1.85 bits per heavy atom. The Bertz CT molecular complexity index is 1310. The number of para-hydroxylation sites is 1. The van der Waals surface area contributed by atoms with Crippen molar-refractivity contribution in [3.63, 3.8) is 0 Å². The van der Waals surface area contributed by atoms with Gasteiger partial charge in [-0.2, -0.15) is 0 Å². The first kappa shape index (κ1) is 15.5. The zero-order valence-electron chi connectivity index (χ0n) is 14.3. The summed E-state index contributed by atoms with van der Waals surface area (Å²) in [6.07, 6.45) is 5.34. The van der Waals surface area contributed by atoms with E-state index in [0.29, 0.717) is 16.9 Å². The van der Waals surface area contributed by atoms with Gasteiger partial charge in [0.2, 0.25) is 0 Å². The minimum atomic E-state index is -0.381. The number of nitrogens with zero attached hydrogens (tertiary/aromatic N) is 3. The molecule has 0 fully saturated rings. The van der Waals surface area contributed by atoms with E-state index < -0.39 is 0 Å². The molecule has 0 aliphatic rings. The van der Waals surface area contributed by atoms with Crippen LogP contribution in [0.2, 0.25) is 0 Å². The molecule has 0 radical (unpaired) electrons. The molecule has 5 rings (SSSR count). The zero-order valence-corrected chi connectivity index (χ0v) is 14.3. The van der Waals surface area contributed by atoms with E-state index >= 15 is 4.39 Å². The van der Waals surface area contributed by atoms with Crippen LogP contribution in [0.3, 0.4) is 0 Å². The predicted octanol–water partition coefficient (Wildman–Crippen LogP) is 4.96. The average Bonchev–Trinajstić information content (AvgIpc) is 3.11. The van der Waals surface area contributed by atoms with Gasteiger partial charge < -0.3 is 10.3 Å². The molecule has 0 spiro atoms. The number of aromatic nitrogens is 3. The van der Waals surface area contributed by atoms with Crippen molar-refractivity contribution in [3.8, 4) is 16.9 Å². The summed E-state index contributed by atoms with van der Waals surface area (Å²) < 4.78 is 17.6. The molecule has 130 valence electrons. The van der Waals surface area contributed by atoms with Crippen LogP contribution in [0.15, 0.2) is 79.3 Å². The molecule has 0 unspecified atom stereocenters. The maximum absolute atomic E-state index is 15.8. The monoisotopic (exact) mass is 354 g/mol. The van der Waals surface area contributed by atoms with Gasteiger partial charge in [-0.1, -0.05) is 30.3 Å². The molecule has 27 heavy (non-hydrogen) atoms. The summed E-state index contributed by atoms with van der Waals surface area (Å²) in [5, 5.41) is 1.69. The molecule has 0 atom stereocenters. The minimum absolute atomic E-state index is 0.284. The van der Waals surface area contributed by atoms with Crippen molar-refractivity contribution in [1.29, 1.82) is 0 Å². The SMILES string of the molecule is Nc1cccc(-c2nc3ccccc3c(-n3ccc4cnccc43)c2F)c1. The van der Waals surface area contributed by atoms with Crippen molar-refractivity contribution in [2.45, 2.75) is 0 Å². The molecule has 0 bridgehead atoms. The number of anilines is 1. The highest BCUT2D eigenvalue weighted by atomic mass is 19.1. The number of benzene rings is 2. The van der Waals surface area contributed by atoms with Crippen molar-refractivity contribution < 1.29 is 4.39 Å². The van der Waals surface area contributed by atoms with E-state index in [4.69, 9.17) is 5.73 Å². The molecule has 2 aromatic carbocycles. The summed E-state index contributed by atoms with van der Waals surface area (Å²) in [6.45, 7) is 0. The van der Waals surface area contributed by atoms with Crippen molar-refractivity contribution >= 4 is 27.5 Å². The van der Waals surface area contributed by atoms with Gasteiger partial charge in [0.25, 0.3) is 0 Å². The first-order valence-corrected chi connectivity index (χ1v) is 8.58. The van der Waals surface area contributed by atoms with Crippen molar-refractivity contribution in [1.82, 2.24) is 14.5 Å². The van der Waals surface area contributed by atoms with Crippen LogP contribution in [0.25, 0.3) is 38.8 Å². The summed E-state index contributed by atoms with van der Waals surface area (Å²) in [4.78, 5) is 8.73. The highest BCUT2D eigenvalue weighted by molar-refractivity contribution is 5.93. The highest BCUT2D eigenvalue weighted by Crippen LogP contribution is 2.33. The first-order valence-electron chi connectivity index (χ1n) is 8.58. The second-order valence-corrected chi connectivity index (χ2v) is 6.39. The van der Waals surface area contributed by atoms with E-state index in [1.807, 2.05) is 53.2 Å². The lowest BCUT2D eigenvalue weighted by molar-refractivity contribution is 0.621. The molecule has 3 aromatic heterocycles. The van der Waals surface area contributed by atoms with E-state index in [1.165, 1.54) is 0 Å². The van der Waals surface area contributed by atoms with Crippen LogP contribution >= 0.6 is 0 Å². The normalized spacial score (nSPS) is 11.3. The molecule has 0 saturated heterocycles. The van der Waals surface area contributed by atoms with Gasteiger partial charge in [0.1, 0.15) is 5.69 Å². The molecular weight excluding hydrogens is 339 g/mol.